The third kappa shape index (κ3) is 3.81. The SMILES string of the molecule is Cc1cc(C)n2cc(CSc3nnc(N4CCCCC4)n3Cc3ccco3)nc2n1. The van der Waals surface area contributed by atoms with Crippen molar-refractivity contribution in [2.45, 2.75) is 50.6 Å². The number of imidazole rings is 1. The summed E-state index contributed by atoms with van der Waals surface area (Å²) in [7, 11) is 0. The number of thioether (sulfide) groups is 1. The molecular formula is C21H25N7OS. The number of nitrogens with zero attached hydrogens (tertiary/aromatic N) is 7. The molecule has 0 atom stereocenters. The molecule has 0 bridgehead atoms. The molecule has 4 aromatic heterocycles. The van der Waals surface area contributed by atoms with Crippen LogP contribution in [0.2, 0.25) is 0 Å². The first-order chi connectivity index (χ1) is 14.7. The van der Waals surface area contributed by atoms with Crippen LogP contribution in [0.1, 0.15) is 42.1 Å². The smallest absolute Gasteiger partial charge is 0.234 e. The molecule has 1 fully saturated rings. The zero-order valence-electron chi connectivity index (χ0n) is 17.3. The van der Waals surface area contributed by atoms with Gasteiger partial charge in [-0.25, -0.2) is 9.97 Å². The third-order valence-electron chi connectivity index (χ3n) is 5.39. The van der Waals surface area contributed by atoms with Crippen molar-refractivity contribution in [2.24, 2.45) is 0 Å². The zero-order chi connectivity index (χ0) is 20.5. The van der Waals surface area contributed by atoms with Gasteiger partial charge in [0.1, 0.15) is 5.76 Å². The number of aryl methyl sites for hydroxylation is 2. The van der Waals surface area contributed by atoms with Gasteiger partial charge in [-0.2, -0.15) is 0 Å². The molecule has 0 amide bonds. The maximum Gasteiger partial charge on any atom is 0.234 e. The second kappa shape index (κ2) is 8.14. The summed E-state index contributed by atoms with van der Waals surface area (Å²) in [6.07, 6.45) is 7.45. The predicted molar refractivity (Wildman–Crippen MR) is 116 cm³/mol. The summed E-state index contributed by atoms with van der Waals surface area (Å²) in [6.45, 7) is 6.75. The average Bonchev–Trinajstić information content (AvgIpc) is 3.48. The molecule has 30 heavy (non-hydrogen) atoms. The van der Waals surface area contributed by atoms with Crippen molar-refractivity contribution in [3.8, 4) is 0 Å². The van der Waals surface area contributed by atoms with Crippen LogP contribution in [0.3, 0.4) is 0 Å². The summed E-state index contributed by atoms with van der Waals surface area (Å²) in [6, 6.07) is 5.98. The first kappa shape index (κ1) is 19.2. The molecule has 1 saturated heterocycles. The highest BCUT2D eigenvalue weighted by molar-refractivity contribution is 7.98. The van der Waals surface area contributed by atoms with E-state index in [1.54, 1.807) is 18.0 Å². The summed E-state index contributed by atoms with van der Waals surface area (Å²) in [5.41, 5.74) is 3.09. The van der Waals surface area contributed by atoms with Crippen LogP contribution in [-0.4, -0.2) is 42.2 Å². The standard InChI is InChI=1S/C21H25N7OS/c1-15-11-16(2)27-12-17(23-19(27)22-15)14-30-21-25-24-20(26-8-4-3-5-9-26)28(21)13-18-7-6-10-29-18/h6-7,10-12H,3-5,8-9,13-14H2,1-2H3. The van der Waals surface area contributed by atoms with Crippen molar-refractivity contribution in [3.63, 3.8) is 0 Å². The Bertz CT molecular complexity index is 1140. The molecule has 0 N–H and O–H groups in total. The van der Waals surface area contributed by atoms with E-state index in [-0.39, 0.29) is 0 Å². The van der Waals surface area contributed by atoms with Crippen molar-refractivity contribution in [3.05, 3.63) is 53.5 Å². The van der Waals surface area contributed by atoms with Gasteiger partial charge < -0.3 is 9.32 Å². The summed E-state index contributed by atoms with van der Waals surface area (Å²) in [5, 5.41) is 9.93. The first-order valence-electron chi connectivity index (χ1n) is 10.3. The molecule has 9 heteroatoms. The molecule has 5 rings (SSSR count). The van der Waals surface area contributed by atoms with Gasteiger partial charge in [0.05, 0.1) is 18.5 Å². The minimum Gasteiger partial charge on any atom is -0.467 e. The van der Waals surface area contributed by atoms with Crippen LogP contribution in [0, 0.1) is 13.8 Å². The lowest BCUT2D eigenvalue weighted by Gasteiger charge is -2.27. The van der Waals surface area contributed by atoms with E-state index in [9.17, 15) is 0 Å². The Morgan fingerprint density at radius 1 is 1.10 bits per heavy atom. The van der Waals surface area contributed by atoms with Gasteiger partial charge in [0.2, 0.25) is 11.7 Å². The highest BCUT2D eigenvalue weighted by atomic mass is 32.2. The molecule has 1 aliphatic heterocycles. The Labute approximate surface area is 179 Å². The zero-order valence-corrected chi connectivity index (χ0v) is 18.1. The minimum absolute atomic E-state index is 0.624. The van der Waals surface area contributed by atoms with Crippen molar-refractivity contribution in [1.82, 2.24) is 29.1 Å². The Balaban J connectivity index is 1.40. The highest BCUT2D eigenvalue weighted by Gasteiger charge is 2.21. The summed E-state index contributed by atoms with van der Waals surface area (Å²) in [4.78, 5) is 11.6. The maximum atomic E-state index is 5.60. The molecule has 156 valence electrons. The molecule has 0 aromatic carbocycles. The fourth-order valence-corrected chi connectivity index (χ4v) is 4.76. The number of aromatic nitrogens is 6. The maximum absolute atomic E-state index is 5.60. The van der Waals surface area contributed by atoms with Crippen LogP contribution in [-0.2, 0) is 12.3 Å². The molecule has 8 nitrogen and oxygen atoms in total. The van der Waals surface area contributed by atoms with Crippen LogP contribution in [0.15, 0.2) is 40.2 Å². The molecule has 5 heterocycles. The predicted octanol–water partition coefficient (Wildman–Crippen LogP) is 3.86. The van der Waals surface area contributed by atoms with Gasteiger partial charge in [-0.1, -0.05) is 11.8 Å². The number of hydrogen-bond donors (Lipinski definition) is 0. The summed E-state index contributed by atoms with van der Waals surface area (Å²) >= 11 is 1.65. The van der Waals surface area contributed by atoms with Crippen molar-refractivity contribution in [1.29, 1.82) is 0 Å². The van der Waals surface area contributed by atoms with Gasteiger partial charge in [-0.15, -0.1) is 10.2 Å². The van der Waals surface area contributed by atoms with Gasteiger partial charge in [0.25, 0.3) is 0 Å². The Morgan fingerprint density at radius 2 is 1.97 bits per heavy atom. The number of piperidine rings is 1. The molecular weight excluding hydrogens is 398 g/mol. The monoisotopic (exact) mass is 423 g/mol. The average molecular weight is 424 g/mol. The lowest BCUT2D eigenvalue weighted by atomic mass is 10.1. The minimum atomic E-state index is 0.624. The molecule has 0 aliphatic carbocycles. The van der Waals surface area contributed by atoms with Gasteiger partial charge in [0, 0.05) is 36.4 Å². The first-order valence-corrected chi connectivity index (χ1v) is 11.3. The normalized spacial score (nSPS) is 14.7. The Morgan fingerprint density at radius 3 is 2.77 bits per heavy atom. The lowest BCUT2D eigenvalue weighted by Crippen LogP contribution is -2.32. The van der Waals surface area contributed by atoms with E-state index in [2.05, 4.69) is 43.8 Å². The lowest BCUT2D eigenvalue weighted by molar-refractivity contribution is 0.479. The van der Waals surface area contributed by atoms with Gasteiger partial charge in [-0.3, -0.25) is 8.97 Å². The molecule has 0 spiro atoms. The number of furan rings is 1. The van der Waals surface area contributed by atoms with Gasteiger partial charge >= 0.3 is 0 Å². The Hall–Kier alpha value is -2.81. The van der Waals surface area contributed by atoms with Crippen molar-refractivity contribution >= 4 is 23.5 Å². The summed E-state index contributed by atoms with van der Waals surface area (Å²) < 4.78 is 9.81. The van der Waals surface area contributed by atoms with Crippen LogP contribution in [0.5, 0.6) is 0 Å². The van der Waals surface area contributed by atoms with Crippen LogP contribution < -0.4 is 4.90 Å². The van der Waals surface area contributed by atoms with E-state index < -0.39 is 0 Å². The fraction of sp³-hybridized carbons (Fsp3) is 0.429. The third-order valence-corrected chi connectivity index (χ3v) is 6.39. The largest absolute Gasteiger partial charge is 0.467 e. The molecule has 0 radical (unpaired) electrons. The second-order valence-corrected chi connectivity index (χ2v) is 8.67. The number of anilines is 1. The van der Waals surface area contributed by atoms with E-state index >= 15 is 0 Å². The van der Waals surface area contributed by atoms with Gasteiger partial charge in [-0.05, 0) is 51.3 Å². The Kier molecular flexibility index (Phi) is 5.20. The fourth-order valence-electron chi connectivity index (χ4n) is 3.94. The quantitative estimate of drug-likeness (QED) is 0.436. The van der Waals surface area contributed by atoms with E-state index in [4.69, 9.17) is 9.40 Å². The second-order valence-electron chi connectivity index (χ2n) is 7.73. The number of rotatable bonds is 6. The van der Waals surface area contributed by atoms with Crippen LogP contribution >= 0.6 is 11.8 Å². The van der Waals surface area contributed by atoms with Gasteiger partial charge in [0.15, 0.2) is 5.16 Å². The van der Waals surface area contributed by atoms with E-state index in [0.717, 1.165) is 52.8 Å². The molecule has 1 aliphatic rings. The van der Waals surface area contributed by atoms with E-state index in [1.165, 1.54) is 19.3 Å². The molecule has 0 unspecified atom stereocenters. The van der Waals surface area contributed by atoms with Crippen LogP contribution in [0.4, 0.5) is 5.95 Å². The van der Waals surface area contributed by atoms with Crippen molar-refractivity contribution in [2.75, 3.05) is 18.0 Å². The molecule has 0 saturated carbocycles. The highest BCUT2D eigenvalue weighted by Crippen LogP contribution is 2.28. The van der Waals surface area contributed by atoms with Crippen LogP contribution in [0.25, 0.3) is 5.78 Å². The summed E-state index contributed by atoms with van der Waals surface area (Å²) in [5.74, 6) is 3.28. The number of fused-ring (bicyclic) bond motifs is 1. The van der Waals surface area contributed by atoms with E-state index in [0.29, 0.717) is 12.3 Å². The molecule has 4 aromatic rings. The number of hydrogen-bond acceptors (Lipinski definition) is 7. The topological polar surface area (TPSA) is 77.3 Å². The van der Waals surface area contributed by atoms with Crippen molar-refractivity contribution < 1.29 is 4.42 Å². The van der Waals surface area contributed by atoms with E-state index in [1.807, 2.05) is 23.5 Å².